The second kappa shape index (κ2) is 6.57. The molecule has 1 unspecified atom stereocenters. The lowest BCUT2D eigenvalue weighted by Crippen LogP contribution is -2.29. The fraction of sp³-hybridized carbons (Fsp3) is 0.533. The molecule has 1 aromatic carbocycles. The quantitative estimate of drug-likeness (QED) is 0.850. The summed E-state index contributed by atoms with van der Waals surface area (Å²) in [6, 6.07) is 7.77. The monoisotopic (exact) mass is 262 g/mol. The summed E-state index contributed by atoms with van der Waals surface area (Å²) in [6.45, 7) is 4.73. The summed E-state index contributed by atoms with van der Waals surface area (Å²) in [5.74, 6) is 1.60. The Balaban J connectivity index is 1.78. The summed E-state index contributed by atoms with van der Waals surface area (Å²) < 4.78 is 5.68. The third-order valence-corrected chi connectivity index (χ3v) is 3.64. The number of rotatable bonds is 6. The highest BCUT2D eigenvalue weighted by Gasteiger charge is 2.27. The van der Waals surface area contributed by atoms with Crippen LogP contribution in [0.15, 0.2) is 24.3 Å². The van der Waals surface area contributed by atoms with E-state index in [-0.39, 0.29) is 5.91 Å². The van der Waals surface area contributed by atoms with Crippen LogP contribution in [0.25, 0.3) is 0 Å². The number of ether oxygens (including phenoxy) is 1. The van der Waals surface area contributed by atoms with E-state index in [1.807, 2.05) is 29.2 Å². The number of nitrogens with two attached hydrogens (primary N) is 1. The molecule has 0 aromatic heterocycles. The predicted octanol–water partition coefficient (Wildman–Crippen LogP) is 1.78. The van der Waals surface area contributed by atoms with Crippen LogP contribution in [0.2, 0.25) is 0 Å². The first-order valence-electron chi connectivity index (χ1n) is 6.92. The van der Waals surface area contributed by atoms with Crippen LogP contribution in [0.4, 0.5) is 0 Å². The average Bonchev–Trinajstić information content (AvgIpc) is 2.80. The SMILES string of the molecule is CCC1CC(=O)N(CCOc2cccc(CN)c2)C1. The van der Waals surface area contributed by atoms with Gasteiger partial charge in [-0.25, -0.2) is 0 Å². The molecule has 104 valence electrons. The van der Waals surface area contributed by atoms with E-state index in [1.165, 1.54) is 0 Å². The van der Waals surface area contributed by atoms with Crippen LogP contribution in [-0.4, -0.2) is 30.5 Å². The molecule has 2 N–H and O–H groups in total. The van der Waals surface area contributed by atoms with Crippen LogP contribution in [-0.2, 0) is 11.3 Å². The Morgan fingerprint density at radius 1 is 1.47 bits per heavy atom. The summed E-state index contributed by atoms with van der Waals surface area (Å²) in [6.07, 6.45) is 1.76. The number of carbonyl (C=O) groups is 1. The maximum Gasteiger partial charge on any atom is 0.223 e. The van der Waals surface area contributed by atoms with Crippen molar-refractivity contribution in [2.24, 2.45) is 11.7 Å². The van der Waals surface area contributed by atoms with Gasteiger partial charge in [0.25, 0.3) is 0 Å². The highest BCUT2D eigenvalue weighted by atomic mass is 16.5. The van der Waals surface area contributed by atoms with Gasteiger partial charge < -0.3 is 15.4 Å². The number of hydrogen-bond donors (Lipinski definition) is 1. The minimum absolute atomic E-state index is 0.256. The Labute approximate surface area is 114 Å². The smallest absolute Gasteiger partial charge is 0.223 e. The number of carbonyl (C=O) groups excluding carboxylic acids is 1. The first kappa shape index (κ1) is 13.9. The number of benzene rings is 1. The summed E-state index contributed by atoms with van der Waals surface area (Å²) in [4.78, 5) is 13.6. The van der Waals surface area contributed by atoms with Crippen molar-refractivity contribution in [1.29, 1.82) is 0 Å². The molecule has 4 heteroatoms. The van der Waals surface area contributed by atoms with Gasteiger partial charge in [-0.15, -0.1) is 0 Å². The van der Waals surface area contributed by atoms with Crippen LogP contribution < -0.4 is 10.5 Å². The zero-order valence-electron chi connectivity index (χ0n) is 11.5. The van der Waals surface area contributed by atoms with E-state index in [2.05, 4.69) is 6.92 Å². The van der Waals surface area contributed by atoms with Crippen LogP contribution in [0.1, 0.15) is 25.3 Å². The molecule has 0 aliphatic carbocycles. The molecular formula is C15H22N2O2. The molecule has 1 aromatic rings. The minimum Gasteiger partial charge on any atom is -0.492 e. The van der Waals surface area contributed by atoms with Gasteiger partial charge in [0, 0.05) is 19.5 Å². The van der Waals surface area contributed by atoms with Crippen molar-refractivity contribution >= 4 is 5.91 Å². The van der Waals surface area contributed by atoms with E-state index in [4.69, 9.17) is 10.5 Å². The van der Waals surface area contributed by atoms with Crippen LogP contribution >= 0.6 is 0 Å². The Bertz CT molecular complexity index is 434. The van der Waals surface area contributed by atoms with Crippen molar-refractivity contribution in [1.82, 2.24) is 4.90 Å². The van der Waals surface area contributed by atoms with Crippen molar-refractivity contribution < 1.29 is 9.53 Å². The van der Waals surface area contributed by atoms with Crippen molar-refractivity contribution in [3.05, 3.63) is 29.8 Å². The van der Waals surface area contributed by atoms with E-state index in [0.717, 1.165) is 24.3 Å². The molecule has 0 radical (unpaired) electrons. The van der Waals surface area contributed by atoms with E-state index in [0.29, 0.717) is 32.0 Å². The predicted molar refractivity (Wildman–Crippen MR) is 74.8 cm³/mol. The van der Waals surface area contributed by atoms with Gasteiger partial charge in [-0.05, 0) is 23.6 Å². The van der Waals surface area contributed by atoms with E-state index in [1.54, 1.807) is 0 Å². The summed E-state index contributed by atoms with van der Waals surface area (Å²) >= 11 is 0. The zero-order valence-corrected chi connectivity index (χ0v) is 11.5. The van der Waals surface area contributed by atoms with Gasteiger partial charge in [0.1, 0.15) is 12.4 Å². The second-order valence-electron chi connectivity index (χ2n) is 5.02. The first-order valence-corrected chi connectivity index (χ1v) is 6.92. The average molecular weight is 262 g/mol. The molecule has 19 heavy (non-hydrogen) atoms. The topological polar surface area (TPSA) is 55.6 Å². The standard InChI is InChI=1S/C15H22N2O2/c1-2-12-9-15(18)17(11-12)6-7-19-14-5-3-4-13(8-14)10-16/h3-5,8,12H,2,6-7,9-11,16H2,1H3. The summed E-state index contributed by atoms with van der Waals surface area (Å²) in [7, 11) is 0. The molecule has 2 rings (SSSR count). The molecule has 1 atom stereocenters. The van der Waals surface area contributed by atoms with Crippen molar-refractivity contribution in [2.75, 3.05) is 19.7 Å². The van der Waals surface area contributed by atoms with Gasteiger partial charge in [-0.2, -0.15) is 0 Å². The summed E-state index contributed by atoms with van der Waals surface area (Å²) in [5.41, 5.74) is 6.64. The molecule has 0 saturated carbocycles. The van der Waals surface area contributed by atoms with Gasteiger partial charge in [-0.1, -0.05) is 25.5 Å². The number of nitrogens with zero attached hydrogens (tertiary/aromatic N) is 1. The third kappa shape index (κ3) is 3.70. The first-order chi connectivity index (χ1) is 9.22. The Morgan fingerprint density at radius 3 is 3.00 bits per heavy atom. The lowest BCUT2D eigenvalue weighted by atomic mass is 10.1. The van der Waals surface area contributed by atoms with Crippen LogP contribution in [0, 0.1) is 5.92 Å². The molecule has 1 heterocycles. The maximum atomic E-state index is 11.7. The summed E-state index contributed by atoms with van der Waals surface area (Å²) in [5, 5.41) is 0. The van der Waals surface area contributed by atoms with Crippen LogP contribution in [0.5, 0.6) is 5.75 Å². The fourth-order valence-corrected chi connectivity index (χ4v) is 2.38. The second-order valence-corrected chi connectivity index (χ2v) is 5.02. The molecule has 1 fully saturated rings. The normalized spacial score (nSPS) is 18.9. The fourth-order valence-electron chi connectivity index (χ4n) is 2.38. The highest BCUT2D eigenvalue weighted by molar-refractivity contribution is 5.78. The number of amides is 1. The van der Waals surface area contributed by atoms with Gasteiger partial charge in [0.15, 0.2) is 0 Å². The van der Waals surface area contributed by atoms with E-state index >= 15 is 0 Å². The molecular weight excluding hydrogens is 240 g/mol. The van der Waals surface area contributed by atoms with Crippen molar-refractivity contribution in [2.45, 2.75) is 26.3 Å². The van der Waals surface area contributed by atoms with Gasteiger partial charge in [0.05, 0.1) is 6.54 Å². The molecule has 4 nitrogen and oxygen atoms in total. The largest absolute Gasteiger partial charge is 0.492 e. The number of likely N-dealkylation sites (tertiary alicyclic amines) is 1. The Morgan fingerprint density at radius 2 is 2.32 bits per heavy atom. The molecule has 0 bridgehead atoms. The lowest BCUT2D eigenvalue weighted by molar-refractivity contribution is -0.128. The Kier molecular flexibility index (Phi) is 4.80. The molecule has 1 aliphatic rings. The van der Waals surface area contributed by atoms with E-state index < -0.39 is 0 Å². The van der Waals surface area contributed by atoms with Gasteiger partial charge in [0.2, 0.25) is 5.91 Å². The molecule has 0 spiro atoms. The molecule has 1 aliphatic heterocycles. The third-order valence-electron chi connectivity index (χ3n) is 3.64. The van der Waals surface area contributed by atoms with Crippen LogP contribution in [0.3, 0.4) is 0 Å². The highest BCUT2D eigenvalue weighted by Crippen LogP contribution is 2.20. The van der Waals surface area contributed by atoms with E-state index in [9.17, 15) is 4.79 Å². The minimum atomic E-state index is 0.256. The molecule has 1 amide bonds. The Hall–Kier alpha value is -1.55. The van der Waals surface area contributed by atoms with Crippen molar-refractivity contribution in [3.8, 4) is 5.75 Å². The van der Waals surface area contributed by atoms with Gasteiger partial charge in [-0.3, -0.25) is 4.79 Å². The lowest BCUT2D eigenvalue weighted by Gasteiger charge is -2.17. The molecule has 1 saturated heterocycles. The number of hydrogen-bond acceptors (Lipinski definition) is 3. The maximum absolute atomic E-state index is 11.7. The van der Waals surface area contributed by atoms with Crippen molar-refractivity contribution in [3.63, 3.8) is 0 Å². The van der Waals surface area contributed by atoms with Gasteiger partial charge >= 0.3 is 0 Å². The zero-order chi connectivity index (χ0) is 13.7.